The third-order valence-electron chi connectivity index (χ3n) is 4.66. The summed E-state index contributed by atoms with van der Waals surface area (Å²) in [5.74, 6) is 0.00394. The van der Waals surface area contributed by atoms with Crippen LogP contribution in [0.3, 0.4) is 0 Å². The molecule has 0 spiro atoms. The molecule has 1 amide bonds. The Bertz CT molecular complexity index is 831. The quantitative estimate of drug-likeness (QED) is 0.712. The molecular formula is C19H24F3N5OS. The monoisotopic (exact) mass is 427 g/mol. The normalized spacial score (nSPS) is 16.0. The zero-order valence-electron chi connectivity index (χ0n) is 16.4. The van der Waals surface area contributed by atoms with Crippen molar-refractivity contribution in [1.29, 1.82) is 0 Å². The molecule has 0 bridgehead atoms. The maximum Gasteiger partial charge on any atom is 0.405 e. The number of carbonyl (C=O) groups is 1. The van der Waals surface area contributed by atoms with E-state index in [1.807, 2.05) is 41.1 Å². The van der Waals surface area contributed by atoms with Crippen LogP contribution in [0.2, 0.25) is 0 Å². The van der Waals surface area contributed by atoms with Crippen molar-refractivity contribution in [2.45, 2.75) is 49.7 Å². The number of rotatable bonds is 6. The summed E-state index contributed by atoms with van der Waals surface area (Å²) in [6.45, 7) is 3.95. The first-order valence-corrected chi connectivity index (χ1v) is 10.4. The second kappa shape index (κ2) is 9.06. The van der Waals surface area contributed by atoms with E-state index in [0.717, 1.165) is 48.9 Å². The summed E-state index contributed by atoms with van der Waals surface area (Å²) in [5.41, 5.74) is 1.96. The van der Waals surface area contributed by atoms with Crippen molar-refractivity contribution < 1.29 is 18.0 Å². The molecule has 3 rings (SSSR count). The zero-order chi connectivity index (χ0) is 21.0. The summed E-state index contributed by atoms with van der Waals surface area (Å²) in [5, 5.41) is 10.2. The number of carbonyl (C=O) groups excluding carboxylic acids is 1. The maximum absolute atomic E-state index is 12.4. The maximum atomic E-state index is 12.4. The number of amides is 1. The van der Waals surface area contributed by atoms with E-state index in [1.165, 1.54) is 6.42 Å². The smallest absolute Gasteiger partial charge is 0.346 e. The number of alkyl halides is 3. The Morgan fingerprint density at radius 2 is 1.83 bits per heavy atom. The highest BCUT2D eigenvalue weighted by molar-refractivity contribution is 8.00. The number of anilines is 1. The number of piperidine rings is 1. The Balaban J connectivity index is 1.85. The van der Waals surface area contributed by atoms with Gasteiger partial charge in [0.15, 0.2) is 5.16 Å². The van der Waals surface area contributed by atoms with Crippen molar-refractivity contribution in [3.63, 3.8) is 0 Å². The average Bonchev–Trinajstić information content (AvgIpc) is 3.10. The third kappa shape index (κ3) is 5.65. The van der Waals surface area contributed by atoms with Crippen molar-refractivity contribution in [1.82, 2.24) is 20.1 Å². The van der Waals surface area contributed by atoms with Gasteiger partial charge in [-0.1, -0.05) is 29.5 Å². The molecule has 0 unspecified atom stereocenters. The third-order valence-corrected chi connectivity index (χ3v) is 5.70. The minimum Gasteiger partial charge on any atom is -0.346 e. The molecule has 158 valence electrons. The Hall–Kier alpha value is -2.23. The van der Waals surface area contributed by atoms with Crippen LogP contribution in [0.15, 0.2) is 29.4 Å². The van der Waals surface area contributed by atoms with E-state index in [1.54, 1.807) is 6.92 Å². The molecule has 1 aromatic carbocycles. The highest BCUT2D eigenvalue weighted by atomic mass is 32.2. The number of benzene rings is 1. The predicted octanol–water partition coefficient (Wildman–Crippen LogP) is 3.73. The van der Waals surface area contributed by atoms with E-state index in [9.17, 15) is 18.0 Å². The molecule has 1 saturated heterocycles. The van der Waals surface area contributed by atoms with Gasteiger partial charge in [0.25, 0.3) is 0 Å². The fourth-order valence-corrected chi connectivity index (χ4v) is 3.99. The molecule has 2 heterocycles. The van der Waals surface area contributed by atoms with Gasteiger partial charge in [0.2, 0.25) is 11.9 Å². The number of hydrogen-bond donors (Lipinski definition) is 1. The predicted molar refractivity (Wildman–Crippen MR) is 107 cm³/mol. The van der Waals surface area contributed by atoms with Crippen LogP contribution in [0.5, 0.6) is 0 Å². The molecule has 1 aliphatic heterocycles. The molecule has 1 atom stereocenters. The lowest BCUT2D eigenvalue weighted by atomic mass is 10.1. The Morgan fingerprint density at radius 1 is 1.17 bits per heavy atom. The van der Waals surface area contributed by atoms with Crippen molar-refractivity contribution >= 4 is 23.6 Å². The fraction of sp³-hybridized carbons (Fsp3) is 0.526. The fourth-order valence-electron chi connectivity index (χ4n) is 3.10. The second-order valence-electron chi connectivity index (χ2n) is 7.09. The summed E-state index contributed by atoms with van der Waals surface area (Å²) >= 11 is 1.10. The number of thioether (sulfide) groups is 1. The molecule has 1 aliphatic rings. The van der Waals surface area contributed by atoms with Gasteiger partial charge in [-0.05, 0) is 45.2 Å². The average molecular weight is 427 g/mol. The lowest BCUT2D eigenvalue weighted by Crippen LogP contribution is -2.38. The van der Waals surface area contributed by atoms with Gasteiger partial charge >= 0.3 is 6.18 Å². The van der Waals surface area contributed by atoms with E-state index in [2.05, 4.69) is 15.1 Å². The van der Waals surface area contributed by atoms with Gasteiger partial charge in [0.1, 0.15) is 6.54 Å². The van der Waals surface area contributed by atoms with Crippen molar-refractivity contribution in [3.05, 3.63) is 29.8 Å². The summed E-state index contributed by atoms with van der Waals surface area (Å²) in [4.78, 5) is 14.3. The molecule has 0 saturated carbocycles. The number of hydrogen-bond acceptors (Lipinski definition) is 5. The van der Waals surface area contributed by atoms with E-state index in [-0.39, 0.29) is 0 Å². The van der Waals surface area contributed by atoms with Crippen molar-refractivity contribution in [3.8, 4) is 5.69 Å². The van der Waals surface area contributed by atoms with Gasteiger partial charge < -0.3 is 10.2 Å². The second-order valence-corrected chi connectivity index (χ2v) is 8.40. The molecule has 29 heavy (non-hydrogen) atoms. The molecule has 0 radical (unpaired) electrons. The van der Waals surface area contributed by atoms with Crippen LogP contribution in [-0.4, -0.2) is 51.7 Å². The summed E-state index contributed by atoms with van der Waals surface area (Å²) in [7, 11) is 0. The minimum atomic E-state index is -4.44. The standard InChI is InChI=1S/C19H24F3N5OS/c1-13-6-8-15(9-7-13)27-17(26-10-4-3-5-11-26)24-25-18(27)29-14(2)16(28)23-12-19(20,21)22/h6-9,14H,3-5,10-12H2,1-2H3,(H,23,28)/t14-/m1/s1. The van der Waals surface area contributed by atoms with E-state index >= 15 is 0 Å². The first-order valence-electron chi connectivity index (χ1n) is 9.53. The van der Waals surface area contributed by atoms with Gasteiger partial charge in [0, 0.05) is 13.1 Å². The van der Waals surface area contributed by atoms with Crippen molar-refractivity contribution in [2.24, 2.45) is 0 Å². The molecule has 1 N–H and O–H groups in total. The van der Waals surface area contributed by atoms with Crippen molar-refractivity contribution in [2.75, 3.05) is 24.5 Å². The number of halogens is 3. The van der Waals surface area contributed by atoms with E-state index in [0.29, 0.717) is 11.1 Å². The van der Waals surface area contributed by atoms with E-state index < -0.39 is 23.9 Å². The number of nitrogens with zero attached hydrogens (tertiary/aromatic N) is 4. The summed E-state index contributed by atoms with van der Waals surface area (Å²) in [6, 6.07) is 7.85. The first kappa shape index (κ1) is 21.5. The molecule has 1 fully saturated rings. The zero-order valence-corrected chi connectivity index (χ0v) is 17.2. The SMILES string of the molecule is Cc1ccc(-n2c(S[C@H](C)C(=O)NCC(F)(F)F)nnc2N2CCCCC2)cc1. The Kier molecular flexibility index (Phi) is 6.71. The molecular weight excluding hydrogens is 403 g/mol. The molecule has 0 aliphatic carbocycles. The molecule has 2 aromatic rings. The van der Waals surface area contributed by atoms with Gasteiger partial charge in [0.05, 0.1) is 10.9 Å². The lowest BCUT2D eigenvalue weighted by Gasteiger charge is -2.28. The van der Waals surface area contributed by atoms with Crippen LogP contribution in [0, 0.1) is 6.92 Å². The molecule has 1 aromatic heterocycles. The Labute approximate surface area is 171 Å². The molecule has 10 heteroatoms. The largest absolute Gasteiger partial charge is 0.405 e. The van der Waals surface area contributed by atoms with Crippen LogP contribution in [-0.2, 0) is 4.79 Å². The minimum absolute atomic E-state index is 0.476. The number of aromatic nitrogens is 3. The summed E-state index contributed by atoms with van der Waals surface area (Å²) in [6.07, 6.45) is -1.13. The van der Waals surface area contributed by atoms with Crippen LogP contribution in [0.4, 0.5) is 19.1 Å². The van der Waals surface area contributed by atoms with E-state index in [4.69, 9.17) is 0 Å². The number of aryl methyl sites for hydroxylation is 1. The van der Waals surface area contributed by atoms with Crippen LogP contribution >= 0.6 is 11.8 Å². The summed E-state index contributed by atoms with van der Waals surface area (Å²) < 4.78 is 39.0. The van der Waals surface area contributed by atoms with Gasteiger partial charge in [-0.25, -0.2) is 0 Å². The Morgan fingerprint density at radius 3 is 2.45 bits per heavy atom. The number of nitrogens with one attached hydrogen (secondary N) is 1. The van der Waals surface area contributed by atoms with Gasteiger partial charge in [-0.15, -0.1) is 10.2 Å². The molecule has 6 nitrogen and oxygen atoms in total. The topological polar surface area (TPSA) is 63.1 Å². The van der Waals surface area contributed by atoms with Gasteiger partial charge in [-0.3, -0.25) is 9.36 Å². The lowest BCUT2D eigenvalue weighted by molar-refractivity contribution is -0.137. The first-order chi connectivity index (χ1) is 13.7. The van der Waals surface area contributed by atoms with Gasteiger partial charge in [-0.2, -0.15) is 13.2 Å². The highest BCUT2D eigenvalue weighted by Gasteiger charge is 2.30. The highest BCUT2D eigenvalue weighted by Crippen LogP contribution is 2.30. The van der Waals surface area contributed by atoms with Crippen LogP contribution in [0.25, 0.3) is 5.69 Å². The van der Waals surface area contributed by atoms with Crippen LogP contribution < -0.4 is 10.2 Å². The van der Waals surface area contributed by atoms with Crippen LogP contribution in [0.1, 0.15) is 31.7 Å².